The molecule has 0 saturated carbocycles. The fraction of sp³-hybridized carbons (Fsp3) is 0.875. The van der Waals surface area contributed by atoms with Crippen LogP contribution in [0.5, 0.6) is 0 Å². The summed E-state index contributed by atoms with van der Waals surface area (Å²) in [6.07, 6.45) is 26.9. The Morgan fingerprint density at radius 3 is 0.973 bits per heavy atom. The Labute approximate surface area is 230 Å². The van der Waals surface area contributed by atoms with Crippen LogP contribution in [0.2, 0.25) is 0 Å². The highest BCUT2D eigenvalue weighted by Crippen LogP contribution is 2.17. The first-order valence-corrected chi connectivity index (χ1v) is 15.7. The van der Waals surface area contributed by atoms with Gasteiger partial charge >= 0.3 is 0 Å². The third kappa shape index (κ3) is 27.6. The van der Waals surface area contributed by atoms with Crippen LogP contribution < -0.4 is 0 Å². The molecule has 0 aliphatic carbocycles. The van der Waals surface area contributed by atoms with Gasteiger partial charge in [-0.1, -0.05) is 142 Å². The minimum absolute atomic E-state index is 0.0672. The monoisotopic (exact) mass is 526 g/mol. The van der Waals surface area contributed by atoms with Gasteiger partial charge in [0.1, 0.15) is 0 Å². The fourth-order valence-corrected chi connectivity index (χ4v) is 4.56. The highest BCUT2D eigenvalue weighted by molar-refractivity contribution is 4.80. The van der Waals surface area contributed by atoms with Crippen molar-refractivity contribution in [2.45, 2.75) is 181 Å². The lowest BCUT2D eigenvalue weighted by atomic mass is 10.1. The Morgan fingerprint density at radius 1 is 0.459 bits per heavy atom. The van der Waals surface area contributed by atoms with Crippen molar-refractivity contribution in [1.29, 1.82) is 0 Å². The molecule has 0 aromatic heterocycles. The van der Waals surface area contributed by atoms with Crippen LogP contribution in [0.3, 0.4) is 0 Å². The van der Waals surface area contributed by atoms with Crippen molar-refractivity contribution >= 4 is 0 Å². The van der Waals surface area contributed by atoms with Gasteiger partial charge < -0.3 is 24.4 Å². The molecule has 2 N–H and O–H groups in total. The van der Waals surface area contributed by atoms with E-state index in [0.717, 1.165) is 25.7 Å². The summed E-state index contributed by atoms with van der Waals surface area (Å²) in [5.74, 6) is -0.134. The van der Waals surface area contributed by atoms with Gasteiger partial charge in [-0.2, -0.15) is 0 Å². The number of ether oxygens (including phenoxy) is 3. The van der Waals surface area contributed by atoms with E-state index in [2.05, 4.69) is 27.0 Å². The maximum atomic E-state index is 10.0. The van der Waals surface area contributed by atoms with E-state index in [1.165, 1.54) is 116 Å². The quantitative estimate of drug-likeness (QED) is 0.0553. The van der Waals surface area contributed by atoms with Gasteiger partial charge in [0, 0.05) is 12.8 Å². The van der Waals surface area contributed by atoms with E-state index in [9.17, 15) is 10.2 Å². The summed E-state index contributed by atoms with van der Waals surface area (Å²) in [7, 11) is 0. The fourth-order valence-electron chi connectivity index (χ4n) is 4.56. The Kier molecular flexibility index (Phi) is 26.9. The Bertz CT molecular complexity index is 463. The standard InChI is InChI=1S/C32H62O5/c1-5-7-9-11-13-15-17-19-21-23-25-27-31(33)36-29(3)35-30(4)37-32(34)28-26-24-22-20-18-16-14-12-10-8-6-2/h31-34H,3-28H2,1-2H3. The lowest BCUT2D eigenvalue weighted by Crippen LogP contribution is -2.15. The summed E-state index contributed by atoms with van der Waals surface area (Å²) >= 11 is 0. The Balaban J connectivity index is 3.57. The molecule has 0 saturated heterocycles. The lowest BCUT2D eigenvalue weighted by Gasteiger charge is -2.18. The topological polar surface area (TPSA) is 68.2 Å². The van der Waals surface area contributed by atoms with E-state index < -0.39 is 12.6 Å². The molecule has 0 radical (unpaired) electrons. The molecule has 0 spiro atoms. The number of unbranched alkanes of at least 4 members (excludes halogenated alkanes) is 20. The van der Waals surface area contributed by atoms with Crippen LogP contribution in [-0.4, -0.2) is 22.8 Å². The van der Waals surface area contributed by atoms with Crippen LogP contribution >= 0.6 is 0 Å². The molecular formula is C32H62O5. The first-order chi connectivity index (χ1) is 18.0. The van der Waals surface area contributed by atoms with Crippen LogP contribution in [-0.2, 0) is 14.2 Å². The van der Waals surface area contributed by atoms with Crippen molar-refractivity contribution < 1.29 is 24.4 Å². The maximum Gasteiger partial charge on any atom is 0.281 e. The van der Waals surface area contributed by atoms with Gasteiger partial charge in [0.05, 0.1) is 0 Å². The minimum Gasteiger partial charge on any atom is -0.436 e. The molecule has 0 aliphatic rings. The number of hydrogen-bond donors (Lipinski definition) is 2. The molecule has 0 fully saturated rings. The number of aliphatic hydroxyl groups excluding tert-OH is 2. The summed E-state index contributed by atoms with van der Waals surface area (Å²) in [6, 6.07) is 0. The minimum atomic E-state index is -0.958. The normalized spacial score (nSPS) is 12.8. The zero-order valence-corrected chi connectivity index (χ0v) is 24.7. The van der Waals surface area contributed by atoms with Gasteiger partial charge in [-0.15, -0.1) is 0 Å². The first kappa shape index (κ1) is 35.8. The molecular weight excluding hydrogens is 464 g/mol. The predicted octanol–water partition coefficient (Wildman–Crippen LogP) is 10.0. The van der Waals surface area contributed by atoms with Crippen molar-refractivity contribution in [2.75, 3.05) is 0 Å². The zero-order valence-electron chi connectivity index (χ0n) is 24.7. The number of hydrogen-bond acceptors (Lipinski definition) is 5. The largest absolute Gasteiger partial charge is 0.436 e. The van der Waals surface area contributed by atoms with Gasteiger partial charge in [0.15, 0.2) is 0 Å². The summed E-state index contributed by atoms with van der Waals surface area (Å²) in [6.45, 7) is 11.8. The molecule has 0 heterocycles. The second-order valence-corrected chi connectivity index (χ2v) is 10.6. The summed E-state index contributed by atoms with van der Waals surface area (Å²) in [5.41, 5.74) is 0. The molecule has 0 aliphatic heterocycles. The third-order valence-electron chi connectivity index (χ3n) is 6.87. The van der Waals surface area contributed by atoms with Crippen molar-refractivity contribution in [3.63, 3.8) is 0 Å². The van der Waals surface area contributed by atoms with E-state index >= 15 is 0 Å². The van der Waals surface area contributed by atoms with Gasteiger partial charge in [0.25, 0.3) is 11.9 Å². The van der Waals surface area contributed by atoms with E-state index in [0.29, 0.717) is 12.8 Å². The van der Waals surface area contributed by atoms with E-state index in [1.54, 1.807) is 0 Å². The molecule has 0 rings (SSSR count). The Hall–Kier alpha value is -1.20. The van der Waals surface area contributed by atoms with Gasteiger partial charge in [-0.3, -0.25) is 0 Å². The van der Waals surface area contributed by atoms with Crippen LogP contribution in [0.25, 0.3) is 0 Å². The third-order valence-corrected chi connectivity index (χ3v) is 6.87. The van der Waals surface area contributed by atoms with E-state index in [4.69, 9.17) is 14.2 Å². The predicted molar refractivity (Wildman–Crippen MR) is 156 cm³/mol. The van der Waals surface area contributed by atoms with Gasteiger partial charge in [-0.25, -0.2) is 0 Å². The van der Waals surface area contributed by atoms with Crippen LogP contribution in [0.15, 0.2) is 25.0 Å². The van der Waals surface area contributed by atoms with Crippen LogP contribution in [0.1, 0.15) is 168 Å². The van der Waals surface area contributed by atoms with Crippen molar-refractivity contribution in [2.24, 2.45) is 0 Å². The molecule has 0 bridgehead atoms. The average molecular weight is 527 g/mol. The highest BCUT2D eigenvalue weighted by Gasteiger charge is 2.12. The maximum absolute atomic E-state index is 10.0. The number of aliphatic hydroxyl groups is 2. The molecule has 0 amide bonds. The van der Waals surface area contributed by atoms with E-state index in [-0.39, 0.29) is 11.9 Å². The molecule has 220 valence electrons. The summed E-state index contributed by atoms with van der Waals surface area (Å²) in [4.78, 5) is 0. The van der Waals surface area contributed by atoms with Crippen molar-refractivity contribution in [3.05, 3.63) is 25.0 Å². The average Bonchev–Trinajstić information content (AvgIpc) is 2.85. The highest BCUT2D eigenvalue weighted by atomic mass is 16.8. The molecule has 0 aromatic carbocycles. The molecule has 2 unspecified atom stereocenters. The zero-order chi connectivity index (χ0) is 27.4. The Morgan fingerprint density at radius 2 is 0.703 bits per heavy atom. The van der Waals surface area contributed by atoms with Gasteiger partial charge in [0.2, 0.25) is 12.6 Å². The molecule has 5 heteroatoms. The molecule has 37 heavy (non-hydrogen) atoms. The summed E-state index contributed by atoms with van der Waals surface area (Å²) in [5, 5.41) is 20.1. The molecule has 5 nitrogen and oxygen atoms in total. The molecule has 2 atom stereocenters. The first-order valence-electron chi connectivity index (χ1n) is 15.7. The molecule has 0 aromatic rings. The van der Waals surface area contributed by atoms with E-state index in [1.807, 2.05) is 0 Å². The van der Waals surface area contributed by atoms with Crippen molar-refractivity contribution in [1.82, 2.24) is 0 Å². The van der Waals surface area contributed by atoms with Gasteiger partial charge in [-0.05, 0) is 26.0 Å². The number of rotatable bonds is 30. The smallest absolute Gasteiger partial charge is 0.281 e. The van der Waals surface area contributed by atoms with Crippen molar-refractivity contribution in [3.8, 4) is 0 Å². The van der Waals surface area contributed by atoms with Crippen LogP contribution in [0, 0.1) is 0 Å². The lowest BCUT2D eigenvalue weighted by molar-refractivity contribution is -0.150. The second-order valence-electron chi connectivity index (χ2n) is 10.6. The second kappa shape index (κ2) is 27.8. The summed E-state index contributed by atoms with van der Waals surface area (Å²) < 4.78 is 15.8. The SMILES string of the molecule is C=C(OC(=C)OC(O)CCCCCCCCCCCCC)OC(O)CCCCCCCCCCCCC. The van der Waals surface area contributed by atoms with Crippen LogP contribution in [0.4, 0.5) is 0 Å².